The fourth-order valence-electron chi connectivity index (χ4n) is 3.64. The van der Waals surface area contributed by atoms with Gasteiger partial charge >= 0.3 is 5.69 Å². The Morgan fingerprint density at radius 2 is 1.83 bits per heavy atom. The maximum absolute atomic E-state index is 13.6. The second kappa shape index (κ2) is 6.16. The predicted molar refractivity (Wildman–Crippen MR) is 96.1 cm³/mol. The Morgan fingerprint density at radius 3 is 2.55 bits per heavy atom. The van der Waals surface area contributed by atoms with Gasteiger partial charge in [0.15, 0.2) is 23.1 Å². The molecule has 1 aliphatic carbocycles. The van der Waals surface area contributed by atoms with Gasteiger partial charge in [-0.2, -0.15) is 5.10 Å². The number of hydrogen-bond donors (Lipinski definition) is 2. The van der Waals surface area contributed by atoms with E-state index in [2.05, 4.69) is 20.1 Å². The summed E-state index contributed by atoms with van der Waals surface area (Å²) < 4.78 is 42.0. The van der Waals surface area contributed by atoms with Crippen LogP contribution in [0.25, 0.3) is 16.9 Å². The molecular formula is C19H12F3N5O2. The normalized spacial score (nSPS) is 18.3. The van der Waals surface area contributed by atoms with E-state index < -0.39 is 28.7 Å². The summed E-state index contributed by atoms with van der Waals surface area (Å²) in [4.78, 5) is 32.2. The number of H-pyrrole nitrogens is 2. The van der Waals surface area contributed by atoms with Crippen LogP contribution in [0.3, 0.4) is 0 Å². The molecule has 2 N–H and O–H groups in total. The molecule has 0 saturated heterocycles. The highest BCUT2D eigenvalue weighted by Crippen LogP contribution is 2.55. The van der Waals surface area contributed by atoms with Crippen LogP contribution in [0.2, 0.25) is 0 Å². The SMILES string of the molecule is O=c1[nH]cc(-c2cc(C3CC3c3cc(F)c(F)c(F)c3)c3nccn3n2)c(=O)[nH]1. The van der Waals surface area contributed by atoms with Gasteiger partial charge in [0, 0.05) is 24.2 Å². The van der Waals surface area contributed by atoms with Crippen LogP contribution in [0.1, 0.15) is 29.4 Å². The molecule has 10 heteroatoms. The molecule has 0 bridgehead atoms. The number of fused-ring (bicyclic) bond motifs is 1. The average molecular weight is 399 g/mol. The van der Waals surface area contributed by atoms with Crippen LogP contribution in [-0.4, -0.2) is 24.6 Å². The number of aromatic amines is 2. The first kappa shape index (κ1) is 17.4. The van der Waals surface area contributed by atoms with Gasteiger partial charge in [-0.05, 0) is 42.0 Å². The van der Waals surface area contributed by atoms with Gasteiger partial charge in [-0.3, -0.25) is 9.78 Å². The van der Waals surface area contributed by atoms with Crippen molar-refractivity contribution in [2.24, 2.45) is 0 Å². The molecule has 2 atom stereocenters. The molecule has 4 aromatic rings. The zero-order valence-electron chi connectivity index (χ0n) is 14.6. The largest absolute Gasteiger partial charge is 0.325 e. The van der Waals surface area contributed by atoms with Crippen molar-refractivity contribution in [2.75, 3.05) is 0 Å². The van der Waals surface area contributed by atoms with Gasteiger partial charge < -0.3 is 4.98 Å². The summed E-state index contributed by atoms with van der Waals surface area (Å²) in [5.74, 6) is -4.30. The predicted octanol–water partition coefficient (Wildman–Crippen LogP) is 2.46. The summed E-state index contributed by atoms with van der Waals surface area (Å²) in [5, 5.41) is 4.35. The molecule has 0 radical (unpaired) electrons. The number of rotatable bonds is 3. The first-order chi connectivity index (χ1) is 13.9. The highest BCUT2D eigenvalue weighted by Gasteiger charge is 2.42. The van der Waals surface area contributed by atoms with Crippen molar-refractivity contribution in [2.45, 2.75) is 18.3 Å². The molecular weight excluding hydrogens is 387 g/mol. The second-order valence-corrected chi connectivity index (χ2v) is 6.91. The van der Waals surface area contributed by atoms with Gasteiger partial charge in [0.2, 0.25) is 0 Å². The van der Waals surface area contributed by atoms with E-state index in [0.717, 1.165) is 17.7 Å². The average Bonchev–Trinajstić information content (AvgIpc) is 3.33. The molecule has 3 heterocycles. The fourth-order valence-corrected chi connectivity index (χ4v) is 3.64. The van der Waals surface area contributed by atoms with E-state index in [1.165, 1.54) is 10.7 Å². The number of benzene rings is 1. The molecule has 1 aliphatic rings. The maximum Gasteiger partial charge on any atom is 0.325 e. The van der Waals surface area contributed by atoms with E-state index in [1.807, 2.05) is 0 Å². The standard InChI is InChI=1S/C19H12F3N5O2/c20-13-3-8(4-14(21)16(13)22)9-5-10(9)11-6-15(26-27-2-1-23-17(11)27)12-7-24-19(29)25-18(12)28/h1-4,6-7,9-10H,5H2,(H2,24,25,28,29). The van der Waals surface area contributed by atoms with Crippen LogP contribution in [0, 0.1) is 17.5 Å². The monoisotopic (exact) mass is 399 g/mol. The fraction of sp³-hybridized carbons (Fsp3) is 0.158. The topological polar surface area (TPSA) is 95.9 Å². The molecule has 29 heavy (non-hydrogen) atoms. The van der Waals surface area contributed by atoms with Gasteiger partial charge in [-0.25, -0.2) is 27.5 Å². The molecule has 0 amide bonds. The minimum atomic E-state index is -1.50. The van der Waals surface area contributed by atoms with E-state index >= 15 is 0 Å². The van der Waals surface area contributed by atoms with Gasteiger partial charge in [0.1, 0.15) is 0 Å². The Kier molecular flexibility index (Phi) is 3.70. The second-order valence-electron chi connectivity index (χ2n) is 6.91. The lowest BCUT2D eigenvalue weighted by Crippen LogP contribution is -2.23. The Morgan fingerprint density at radius 1 is 1.07 bits per heavy atom. The number of nitrogens with one attached hydrogen (secondary N) is 2. The Balaban J connectivity index is 1.60. The third-order valence-electron chi connectivity index (χ3n) is 5.11. The Hall–Kier alpha value is -3.69. The van der Waals surface area contributed by atoms with E-state index in [1.54, 1.807) is 18.5 Å². The lowest BCUT2D eigenvalue weighted by Gasteiger charge is -2.08. The van der Waals surface area contributed by atoms with Crippen LogP contribution >= 0.6 is 0 Å². The first-order valence-electron chi connectivity index (χ1n) is 8.73. The number of halogens is 3. The van der Waals surface area contributed by atoms with Crippen molar-refractivity contribution in [1.29, 1.82) is 0 Å². The van der Waals surface area contributed by atoms with Crippen LogP contribution in [0.4, 0.5) is 13.2 Å². The molecule has 2 unspecified atom stereocenters. The quantitative estimate of drug-likeness (QED) is 0.518. The molecule has 1 fully saturated rings. The van der Waals surface area contributed by atoms with Crippen molar-refractivity contribution < 1.29 is 13.2 Å². The summed E-state index contributed by atoms with van der Waals surface area (Å²) in [6.07, 6.45) is 5.00. The van der Waals surface area contributed by atoms with Crippen LogP contribution in [0.15, 0.2) is 46.4 Å². The Bertz CT molecular complexity index is 1370. The van der Waals surface area contributed by atoms with Gasteiger partial charge in [0.25, 0.3) is 5.56 Å². The van der Waals surface area contributed by atoms with Gasteiger partial charge in [-0.15, -0.1) is 0 Å². The van der Waals surface area contributed by atoms with E-state index in [0.29, 0.717) is 23.3 Å². The van der Waals surface area contributed by atoms with E-state index in [4.69, 9.17) is 0 Å². The van der Waals surface area contributed by atoms with Crippen molar-refractivity contribution >= 4 is 5.65 Å². The molecule has 3 aromatic heterocycles. The van der Waals surface area contributed by atoms with Crippen molar-refractivity contribution in [3.05, 3.63) is 86.2 Å². The number of aromatic nitrogens is 5. The summed E-state index contributed by atoms with van der Waals surface area (Å²) in [7, 11) is 0. The highest BCUT2D eigenvalue weighted by molar-refractivity contribution is 5.63. The van der Waals surface area contributed by atoms with Gasteiger partial charge in [-0.1, -0.05) is 0 Å². The minimum absolute atomic E-state index is 0.132. The molecule has 0 spiro atoms. The number of imidazole rings is 1. The molecule has 7 nitrogen and oxygen atoms in total. The lowest BCUT2D eigenvalue weighted by molar-refractivity contribution is 0.445. The maximum atomic E-state index is 13.6. The molecule has 1 aromatic carbocycles. The van der Waals surface area contributed by atoms with Crippen LogP contribution in [-0.2, 0) is 0 Å². The van der Waals surface area contributed by atoms with Crippen LogP contribution in [0.5, 0.6) is 0 Å². The third-order valence-corrected chi connectivity index (χ3v) is 5.11. The van der Waals surface area contributed by atoms with Crippen molar-refractivity contribution in [3.63, 3.8) is 0 Å². The Labute approximate surface area is 159 Å². The number of hydrogen-bond acceptors (Lipinski definition) is 4. The minimum Gasteiger partial charge on any atom is -0.313 e. The first-order valence-corrected chi connectivity index (χ1v) is 8.73. The summed E-state index contributed by atoms with van der Waals surface area (Å²) in [5.41, 5.74) is 0.886. The van der Waals surface area contributed by atoms with Crippen LogP contribution < -0.4 is 11.2 Å². The smallest absolute Gasteiger partial charge is 0.313 e. The summed E-state index contributed by atoms with van der Waals surface area (Å²) >= 11 is 0. The third kappa shape index (κ3) is 2.84. The van der Waals surface area contributed by atoms with Crippen molar-refractivity contribution in [3.8, 4) is 11.3 Å². The molecule has 1 saturated carbocycles. The van der Waals surface area contributed by atoms with Crippen molar-refractivity contribution in [1.82, 2.24) is 24.6 Å². The molecule has 5 rings (SSSR count). The van der Waals surface area contributed by atoms with E-state index in [-0.39, 0.29) is 17.4 Å². The zero-order chi connectivity index (χ0) is 20.3. The molecule has 0 aliphatic heterocycles. The van der Waals surface area contributed by atoms with E-state index in [9.17, 15) is 22.8 Å². The lowest BCUT2D eigenvalue weighted by atomic mass is 10.0. The molecule has 146 valence electrons. The van der Waals surface area contributed by atoms with Gasteiger partial charge in [0.05, 0.1) is 11.3 Å². The summed E-state index contributed by atoms with van der Waals surface area (Å²) in [6, 6.07) is 3.67. The number of nitrogens with zero attached hydrogens (tertiary/aromatic N) is 3. The highest BCUT2D eigenvalue weighted by atomic mass is 19.2. The summed E-state index contributed by atoms with van der Waals surface area (Å²) in [6.45, 7) is 0. The zero-order valence-corrected chi connectivity index (χ0v) is 14.6.